The molecule has 0 aliphatic carbocycles. The number of aromatic nitrogens is 1. The second kappa shape index (κ2) is 5.55. The average molecular weight is 279 g/mol. The van der Waals surface area contributed by atoms with Crippen molar-refractivity contribution in [3.63, 3.8) is 0 Å². The van der Waals surface area contributed by atoms with E-state index >= 15 is 0 Å². The highest BCUT2D eigenvalue weighted by atomic mass is 16.5. The molecule has 3 rings (SSSR count). The lowest BCUT2D eigenvalue weighted by Crippen LogP contribution is -1.98. The van der Waals surface area contributed by atoms with Crippen LogP contribution in [0.2, 0.25) is 0 Å². The topological polar surface area (TPSA) is 71.1 Å². The van der Waals surface area contributed by atoms with Crippen LogP contribution in [0, 0.1) is 11.3 Å². The number of benzene rings is 1. The van der Waals surface area contributed by atoms with E-state index < -0.39 is 0 Å². The van der Waals surface area contributed by atoms with Crippen LogP contribution >= 0.6 is 0 Å². The Morgan fingerprint density at radius 2 is 2.14 bits per heavy atom. The van der Waals surface area contributed by atoms with Crippen LogP contribution in [0.3, 0.4) is 0 Å². The summed E-state index contributed by atoms with van der Waals surface area (Å²) in [6, 6.07) is 13.2. The number of furan rings is 1. The summed E-state index contributed by atoms with van der Waals surface area (Å²) in [5.41, 5.74) is 1.57. The van der Waals surface area contributed by atoms with Gasteiger partial charge in [-0.1, -0.05) is 18.2 Å². The summed E-state index contributed by atoms with van der Waals surface area (Å²) in [4.78, 5) is 4.22. The van der Waals surface area contributed by atoms with Crippen LogP contribution in [0.25, 0.3) is 11.0 Å². The molecule has 0 aliphatic rings. The highest BCUT2D eigenvalue weighted by molar-refractivity contribution is 5.86. The van der Waals surface area contributed by atoms with Gasteiger partial charge in [0.1, 0.15) is 24.1 Å². The molecule has 0 aliphatic heterocycles. The standard InChI is InChI=1S/C16H13N3O2/c1-18-15-7-6-11(9-19-15)10-20-16-12-4-2-3-5-13(12)21-14(16)8-17/h2-7,9H,10H2,1H3,(H,18,19). The minimum atomic E-state index is 0.191. The van der Waals surface area contributed by atoms with E-state index in [0.29, 0.717) is 17.9 Å². The van der Waals surface area contributed by atoms with Gasteiger partial charge in [-0.2, -0.15) is 5.26 Å². The minimum Gasteiger partial charge on any atom is -0.483 e. The SMILES string of the molecule is CNc1ccc(COc2c(C#N)oc3ccccc23)cn1. The van der Waals surface area contributed by atoms with Gasteiger partial charge in [0.25, 0.3) is 0 Å². The predicted octanol–water partition coefficient (Wildman–Crippen LogP) is 3.32. The minimum absolute atomic E-state index is 0.191. The van der Waals surface area contributed by atoms with E-state index in [1.165, 1.54) is 0 Å². The fourth-order valence-electron chi connectivity index (χ4n) is 2.05. The normalized spacial score (nSPS) is 10.3. The first-order valence-electron chi connectivity index (χ1n) is 6.49. The summed E-state index contributed by atoms with van der Waals surface area (Å²) in [7, 11) is 1.81. The van der Waals surface area contributed by atoms with Crippen molar-refractivity contribution in [2.45, 2.75) is 6.61 Å². The number of anilines is 1. The Morgan fingerprint density at radius 1 is 1.29 bits per heavy atom. The van der Waals surface area contributed by atoms with Gasteiger partial charge in [-0.3, -0.25) is 0 Å². The number of hydrogen-bond donors (Lipinski definition) is 1. The number of nitrogens with one attached hydrogen (secondary N) is 1. The van der Waals surface area contributed by atoms with Gasteiger partial charge >= 0.3 is 0 Å². The third kappa shape index (κ3) is 2.51. The summed E-state index contributed by atoms with van der Waals surface area (Å²) in [6.07, 6.45) is 1.74. The van der Waals surface area contributed by atoms with E-state index in [4.69, 9.17) is 14.4 Å². The molecule has 0 unspecified atom stereocenters. The zero-order valence-electron chi connectivity index (χ0n) is 11.5. The number of hydrogen-bond acceptors (Lipinski definition) is 5. The van der Waals surface area contributed by atoms with Crippen LogP contribution in [-0.4, -0.2) is 12.0 Å². The van der Waals surface area contributed by atoms with Crippen LogP contribution < -0.4 is 10.1 Å². The van der Waals surface area contributed by atoms with Crippen LogP contribution in [0.4, 0.5) is 5.82 Å². The Labute approximate surface area is 121 Å². The van der Waals surface area contributed by atoms with Gasteiger partial charge < -0.3 is 14.5 Å². The number of nitrogens with zero attached hydrogens (tertiary/aromatic N) is 2. The van der Waals surface area contributed by atoms with Crippen molar-refractivity contribution in [3.8, 4) is 11.8 Å². The molecule has 104 valence electrons. The van der Waals surface area contributed by atoms with Crippen LogP contribution in [0.15, 0.2) is 47.0 Å². The average Bonchev–Trinajstić information content (AvgIpc) is 2.91. The molecular weight excluding hydrogens is 266 g/mol. The maximum Gasteiger partial charge on any atom is 0.246 e. The van der Waals surface area contributed by atoms with E-state index in [1.54, 1.807) is 6.20 Å². The quantitative estimate of drug-likeness (QED) is 0.793. The first-order chi connectivity index (χ1) is 10.3. The van der Waals surface area contributed by atoms with Crippen molar-refractivity contribution in [1.82, 2.24) is 4.98 Å². The monoisotopic (exact) mass is 279 g/mol. The Morgan fingerprint density at radius 3 is 2.86 bits per heavy atom. The lowest BCUT2D eigenvalue weighted by molar-refractivity contribution is 0.303. The molecule has 21 heavy (non-hydrogen) atoms. The Bertz CT molecular complexity index is 800. The fraction of sp³-hybridized carbons (Fsp3) is 0.125. The number of ether oxygens (including phenoxy) is 1. The molecule has 0 fully saturated rings. The molecule has 2 aromatic heterocycles. The third-order valence-corrected chi connectivity index (χ3v) is 3.12. The first kappa shape index (κ1) is 13.0. The molecule has 0 amide bonds. The van der Waals surface area contributed by atoms with E-state index in [9.17, 15) is 0 Å². The summed E-state index contributed by atoms with van der Waals surface area (Å²) in [5, 5.41) is 12.9. The smallest absolute Gasteiger partial charge is 0.246 e. The molecule has 5 heteroatoms. The van der Waals surface area contributed by atoms with E-state index in [0.717, 1.165) is 16.8 Å². The third-order valence-electron chi connectivity index (χ3n) is 3.12. The predicted molar refractivity (Wildman–Crippen MR) is 79.0 cm³/mol. The van der Waals surface area contributed by atoms with E-state index in [1.807, 2.05) is 49.5 Å². The Balaban J connectivity index is 1.85. The van der Waals surface area contributed by atoms with Gasteiger partial charge in [-0.25, -0.2) is 4.98 Å². The second-order valence-corrected chi connectivity index (χ2v) is 4.46. The second-order valence-electron chi connectivity index (χ2n) is 4.46. The Hall–Kier alpha value is -3.00. The lowest BCUT2D eigenvalue weighted by atomic mass is 10.2. The molecule has 1 aromatic carbocycles. The molecule has 2 heterocycles. The largest absolute Gasteiger partial charge is 0.483 e. The summed E-state index contributed by atoms with van der Waals surface area (Å²) in [6.45, 7) is 0.329. The number of pyridine rings is 1. The summed E-state index contributed by atoms with van der Waals surface area (Å²) in [5.74, 6) is 1.46. The van der Waals surface area contributed by atoms with Crippen molar-refractivity contribution >= 4 is 16.8 Å². The van der Waals surface area contributed by atoms with E-state index in [-0.39, 0.29) is 5.76 Å². The van der Waals surface area contributed by atoms with Gasteiger partial charge in [-0.15, -0.1) is 0 Å². The molecular formula is C16H13N3O2. The number of rotatable bonds is 4. The molecule has 1 N–H and O–H groups in total. The molecule has 0 bridgehead atoms. The molecule has 3 aromatic rings. The lowest BCUT2D eigenvalue weighted by Gasteiger charge is -2.05. The molecule has 0 atom stereocenters. The van der Waals surface area contributed by atoms with Crippen LogP contribution in [-0.2, 0) is 6.61 Å². The molecule has 5 nitrogen and oxygen atoms in total. The highest BCUT2D eigenvalue weighted by Crippen LogP contribution is 2.32. The number of fused-ring (bicyclic) bond motifs is 1. The van der Waals surface area contributed by atoms with Gasteiger partial charge in [0.2, 0.25) is 5.76 Å². The van der Waals surface area contributed by atoms with Gasteiger partial charge in [0.15, 0.2) is 5.75 Å². The van der Waals surface area contributed by atoms with Crippen molar-refractivity contribution in [1.29, 1.82) is 5.26 Å². The maximum absolute atomic E-state index is 9.14. The molecule has 0 spiro atoms. The van der Waals surface area contributed by atoms with Gasteiger partial charge in [0, 0.05) is 18.8 Å². The van der Waals surface area contributed by atoms with Crippen molar-refractivity contribution in [2.24, 2.45) is 0 Å². The number of nitriles is 1. The maximum atomic E-state index is 9.14. The van der Waals surface area contributed by atoms with Crippen LogP contribution in [0.5, 0.6) is 5.75 Å². The Kier molecular flexibility index (Phi) is 3.44. The zero-order valence-corrected chi connectivity index (χ0v) is 11.5. The summed E-state index contributed by atoms with van der Waals surface area (Å²) >= 11 is 0. The van der Waals surface area contributed by atoms with Crippen molar-refractivity contribution < 1.29 is 9.15 Å². The molecule has 0 saturated carbocycles. The van der Waals surface area contributed by atoms with Crippen molar-refractivity contribution in [3.05, 3.63) is 53.9 Å². The van der Waals surface area contributed by atoms with Gasteiger partial charge in [0.05, 0.1) is 5.39 Å². The highest BCUT2D eigenvalue weighted by Gasteiger charge is 2.15. The van der Waals surface area contributed by atoms with Crippen molar-refractivity contribution in [2.75, 3.05) is 12.4 Å². The first-order valence-corrected chi connectivity index (χ1v) is 6.49. The summed E-state index contributed by atoms with van der Waals surface area (Å²) < 4.78 is 11.2. The fourth-order valence-corrected chi connectivity index (χ4v) is 2.05. The zero-order chi connectivity index (χ0) is 14.7. The van der Waals surface area contributed by atoms with Crippen LogP contribution in [0.1, 0.15) is 11.3 Å². The number of para-hydroxylation sites is 1. The molecule has 0 saturated heterocycles. The van der Waals surface area contributed by atoms with E-state index in [2.05, 4.69) is 10.3 Å². The van der Waals surface area contributed by atoms with Gasteiger partial charge in [-0.05, 0) is 18.2 Å². The molecule has 0 radical (unpaired) electrons.